The Morgan fingerprint density at radius 2 is 1.96 bits per heavy atom. The summed E-state index contributed by atoms with van der Waals surface area (Å²) in [4.78, 5) is 26.6. The van der Waals surface area contributed by atoms with Gasteiger partial charge in [0.05, 0.1) is 7.11 Å². The molecular formula is C20H28N4O3. The summed E-state index contributed by atoms with van der Waals surface area (Å²) in [5.74, 6) is 2.09. The summed E-state index contributed by atoms with van der Waals surface area (Å²) in [6, 6.07) is 7.82. The van der Waals surface area contributed by atoms with Gasteiger partial charge in [0.1, 0.15) is 11.6 Å². The maximum atomic E-state index is 12.6. The standard InChI is InChI=1S/C20H28N4O3/c1-4-24-19(21-22(2)20(24)26)16-11-13-23(14-12-16)18(25)10-9-15-7-5-6-8-17(15)27-3/h5-8,16H,4,9-14H2,1-3H3. The van der Waals surface area contributed by atoms with E-state index in [9.17, 15) is 9.59 Å². The Morgan fingerprint density at radius 1 is 1.26 bits per heavy atom. The lowest BCUT2D eigenvalue weighted by atomic mass is 9.95. The van der Waals surface area contributed by atoms with Crippen LogP contribution in [0.5, 0.6) is 5.75 Å². The molecule has 1 fully saturated rings. The fourth-order valence-electron chi connectivity index (χ4n) is 3.82. The second-order valence-corrected chi connectivity index (χ2v) is 6.98. The molecule has 0 saturated carbocycles. The number of nitrogens with zero attached hydrogens (tertiary/aromatic N) is 4. The molecule has 27 heavy (non-hydrogen) atoms. The number of methoxy groups -OCH3 is 1. The molecule has 1 aromatic carbocycles. The van der Waals surface area contributed by atoms with Gasteiger partial charge in [0, 0.05) is 39.0 Å². The first-order valence-electron chi connectivity index (χ1n) is 9.58. The summed E-state index contributed by atoms with van der Waals surface area (Å²) < 4.78 is 8.50. The van der Waals surface area contributed by atoms with Crippen LogP contribution in [0.3, 0.4) is 0 Å². The molecule has 1 aromatic heterocycles. The van der Waals surface area contributed by atoms with E-state index in [-0.39, 0.29) is 17.5 Å². The van der Waals surface area contributed by atoms with Crippen molar-refractivity contribution in [1.82, 2.24) is 19.2 Å². The third-order valence-electron chi connectivity index (χ3n) is 5.37. The molecule has 2 aromatic rings. The summed E-state index contributed by atoms with van der Waals surface area (Å²) in [5, 5.41) is 4.42. The van der Waals surface area contributed by atoms with Crippen molar-refractivity contribution < 1.29 is 9.53 Å². The number of para-hydroxylation sites is 1. The minimum atomic E-state index is -0.0668. The molecule has 1 aliphatic heterocycles. The molecule has 7 heteroatoms. The predicted molar refractivity (Wildman–Crippen MR) is 103 cm³/mol. The van der Waals surface area contributed by atoms with Gasteiger partial charge in [-0.15, -0.1) is 0 Å². The fraction of sp³-hybridized carbons (Fsp3) is 0.550. The topological polar surface area (TPSA) is 69.4 Å². The molecule has 0 spiro atoms. The zero-order valence-electron chi connectivity index (χ0n) is 16.4. The molecule has 0 unspecified atom stereocenters. The van der Waals surface area contributed by atoms with Gasteiger partial charge >= 0.3 is 5.69 Å². The quantitative estimate of drug-likeness (QED) is 0.777. The number of carbonyl (C=O) groups is 1. The molecule has 3 rings (SSSR count). The number of amides is 1. The molecule has 1 saturated heterocycles. The van der Waals surface area contributed by atoms with Crippen LogP contribution in [0.2, 0.25) is 0 Å². The highest BCUT2D eigenvalue weighted by Crippen LogP contribution is 2.27. The zero-order chi connectivity index (χ0) is 19.4. The van der Waals surface area contributed by atoms with Crippen LogP contribution in [0.15, 0.2) is 29.1 Å². The number of rotatable bonds is 6. The van der Waals surface area contributed by atoms with E-state index < -0.39 is 0 Å². The monoisotopic (exact) mass is 372 g/mol. The molecular weight excluding hydrogens is 344 g/mol. The summed E-state index contributed by atoms with van der Waals surface area (Å²) in [7, 11) is 3.34. The SMILES string of the molecule is CCn1c(C2CCN(C(=O)CCc3ccccc3OC)CC2)nn(C)c1=O. The Balaban J connectivity index is 1.57. The van der Waals surface area contributed by atoms with Gasteiger partial charge in [-0.3, -0.25) is 9.36 Å². The van der Waals surface area contributed by atoms with Gasteiger partial charge in [-0.1, -0.05) is 18.2 Å². The van der Waals surface area contributed by atoms with Gasteiger partial charge in [-0.05, 0) is 37.8 Å². The highest BCUT2D eigenvalue weighted by atomic mass is 16.5. The molecule has 1 amide bonds. The van der Waals surface area contributed by atoms with Gasteiger partial charge in [0.15, 0.2) is 0 Å². The van der Waals surface area contributed by atoms with E-state index in [2.05, 4.69) is 5.10 Å². The van der Waals surface area contributed by atoms with Crippen LogP contribution in [0.4, 0.5) is 0 Å². The van der Waals surface area contributed by atoms with Gasteiger partial charge in [-0.2, -0.15) is 5.10 Å². The van der Waals surface area contributed by atoms with Crippen LogP contribution >= 0.6 is 0 Å². The number of ether oxygens (including phenoxy) is 1. The Hall–Kier alpha value is -2.57. The van der Waals surface area contributed by atoms with Crippen LogP contribution in [0, 0.1) is 0 Å². The Labute approximate surface area is 159 Å². The number of hydrogen-bond acceptors (Lipinski definition) is 4. The Morgan fingerprint density at radius 3 is 2.63 bits per heavy atom. The number of piperidine rings is 1. The van der Waals surface area contributed by atoms with Crippen molar-refractivity contribution in [1.29, 1.82) is 0 Å². The van der Waals surface area contributed by atoms with Gasteiger partial charge in [-0.25, -0.2) is 9.48 Å². The maximum absolute atomic E-state index is 12.6. The van der Waals surface area contributed by atoms with Crippen molar-refractivity contribution in [3.05, 3.63) is 46.1 Å². The first-order valence-corrected chi connectivity index (χ1v) is 9.58. The van der Waals surface area contributed by atoms with E-state index in [0.29, 0.717) is 32.5 Å². The summed E-state index contributed by atoms with van der Waals surface area (Å²) >= 11 is 0. The molecule has 0 radical (unpaired) electrons. The van der Waals surface area contributed by atoms with Crippen LogP contribution in [0.25, 0.3) is 0 Å². The number of aryl methyl sites for hydroxylation is 2. The molecule has 0 aliphatic carbocycles. The van der Waals surface area contributed by atoms with Crippen molar-refractivity contribution in [3.63, 3.8) is 0 Å². The van der Waals surface area contributed by atoms with Crippen molar-refractivity contribution in [2.45, 2.75) is 45.1 Å². The van der Waals surface area contributed by atoms with Crippen molar-refractivity contribution >= 4 is 5.91 Å². The third-order valence-corrected chi connectivity index (χ3v) is 5.37. The van der Waals surface area contributed by atoms with Crippen LogP contribution in [-0.2, 0) is 24.8 Å². The zero-order valence-corrected chi connectivity index (χ0v) is 16.4. The summed E-state index contributed by atoms with van der Waals surface area (Å²) in [6.07, 6.45) is 2.85. The molecule has 0 bridgehead atoms. The number of aromatic nitrogens is 3. The highest BCUT2D eigenvalue weighted by molar-refractivity contribution is 5.76. The third kappa shape index (κ3) is 4.07. The molecule has 1 aliphatic rings. The Bertz CT molecular complexity index is 847. The lowest BCUT2D eigenvalue weighted by Crippen LogP contribution is -2.38. The lowest BCUT2D eigenvalue weighted by Gasteiger charge is -2.31. The average molecular weight is 372 g/mol. The number of benzene rings is 1. The lowest BCUT2D eigenvalue weighted by molar-refractivity contribution is -0.132. The van der Waals surface area contributed by atoms with Crippen LogP contribution in [0.1, 0.15) is 43.5 Å². The minimum Gasteiger partial charge on any atom is -0.496 e. The second kappa shape index (κ2) is 8.41. The highest BCUT2D eigenvalue weighted by Gasteiger charge is 2.27. The van der Waals surface area contributed by atoms with E-state index >= 15 is 0 Å². The average Bonchev–Trinajstić information content (AvgIpc) is 3.00. The Kier molecular flexibility index (Phi) is 5.98. The second-order valence-electron chi connectivity index (χ2n) is 6.98. The van der Waals surface area contributed by atoms with Crippen LogP contribution in [-0.4, -0.2) is 45.4 Å². The maximum Gasteiger partial charge on any atom is 0.345 e. The summed E-state index contributed by atoms with van der Waals surface area (Å²) in [5.41, 5.74) is 0.992. The van der Waals surface area contributed by atoms with Gasteiger partial charge in [0.2, 0.25) is 5.91 Å². The number of likely N-dealkylation sites (tertiary alicyclic amines) is 1. The van der Waals surface area contributed by atoms with E-state index in [4.69, 9.17) is 4.74 Å². The minimum absolute atomic E-state index is 0.0668. The van der Waals surface area contributed by atoms with Gasteiger partial charge in [0.25, 0.3) is 0 Å². The van der Waals surface area contributed by atoms with Crippen molar-refractivity contribution in [2.75, 3.05) is 20.2 Å². The first-order chi connectivity index (χ1) is 13.0. The largest absolute Gasteiger partial charge is 0.496 e. The number of carbonyl (C=O) groups excluding carboxylic acids is 1. The van der Waals surface area contributed by atoms with Crippen molar-refractivity contribution in [3.8, 4) is 5.75 Å². The van der Waals surface area contributed by atoms with E-state index in [1.165, 1.54) is 4.68 Å². The molecule has 7 nitrogen and oxygen atoms in total. The van der Waals surface area contributed by atoms with Crippen molar-refractivity contribution in [2.24, 2.45) is 7.05 Å². The van der Waals surface area contributed by atoms with Crippen LogP contribution < -0.4 is 10.4 Å². The molecule has 2 heterocycles. The fourth-order valence-corrected chi connectivity index (χ4v) is 3.82. The number of hydrogen-bond donors (Lipinski definition) is 0. The summed E-state index contributed by atoms with van der Waals surface area (Å²) in [6.45, 7) is 4.01. The molecule has 0 N–H and O–H groups in total. The predicted octanol–water partition coefficient (Wildman–Crippen LogP) is 1.95. The van der Waals surface area contributed by atoms with E-state index in [1.54, 1.807) is 18.7 Å². The molecule has 146 valence electrons. The van der Waals surface area contributed by atoms with E-state index in [0.717, 1.165) is 30.0 Å². The van der Waals surface area contributed by atoms with E-state index in [1.807, 2.05) is 36.1 Å². The smallest absolute Gasteiger partial charge is 0.345 e. The van der Waals surface area contributed by atoms with Gasteiger partial charge < -0.3 is 9.64 Å². The molecule has 0 atom stereocenters. The first kappa shape index (κ1) is 19.2. The normalized spacial score (nSPS) is 15.1.